The molecule has 110 valence electrons. The van der Waals surface area contributed by atoms with Crippen molar-refractivity contribution < 1.29 is 14.1 Å². The molecule has 21 heavy (non-hydrogen) atoms. The van der Waals surface area contributed by atoms with Gasteiger partial charge < -0.3 is 14.2 Å². The molecule has 1 amide bonds. The quantitative estimate of drug-likeness (QED) is 0.860. The second-order valence-electron chi connectivity index (χ2n) is 5.04. The Morgan fingerprint density at radius 2 is 2.00 bits per heavy atom. The summed E-state index contributed by atoms with van der Waals surface area (Å²) in [6.45, 7) is 3.52. The molecule has 6 nitrogen and oxygen atoms in total. The first-order valence-electron chi connectivity index (χ1n) is 7.04. The van der Waals surface area contributed by atoms with E-state index in [1.54, 1.807) is 19.1 Å². The van der Waals surface area contributed by atoms with Crippen LogP contribution in [0.25, 0.3) is 11.4 Å². The molecule has 1 aromatic heterocycles. The maximum atomic E-state index is 11.9. The summed E-state index contributed by atoms with van der Waals surface area (Å²) in [6, 6.07) is 7.30. The van der Waals surface area contributed by atoms with E-state index in [0.717, 1.165) is 31.5 Å². The third-order valence-electron chi connectivity index (χ3n) is 3.46. The molecular weight excluding hydrogens is 270 g/mol. The molecule has 0 bridgehead atoms. The monoisotopic (exact) mass is 287 g/mol. The Kier molecular flexibility index (Phi) is 3.85. The van der Waals surface area contributed by atoms with E-state index in [4.69, 9.17) is 9.26 Å². The van der Waals surface area contributed by atoms with Gasteiger partial charge in [0, 0.05) is 25.6 Å². The van der Waals surface area contributed by atoms with Gasteiger partial charge in [0.1, 0.15) is 5.75 Å². The zero-order valence-electron chi connectivity index (χ0n) is 11.9. The molecule has 0 aliphatic carbocycles. The van der Waals surface area contributed by atoms with E-state index in [1.807, 2.05) is 17.0 Å². The van der Waals surface area contributed by atoms with E-state index in [9.17, 15) is 4.79 Å². The van der Waals surface area contributed by atoms with Gasteiger partial charge in [-0.25, -0.2) is 0 Å². The standard InChI is InChI=1S/C15H17N3O3/c1-11-16-15(17-21-11)12-4-6-13(7-5-12)20-10-14(19)18-8-2-3-9-18/h4-7H,2-3,8-10H2,1H3. The Bertz CT molecular complexity index is 615. The SMILES string of the molecule is Cc1nc(-c2ccc(OCC(=O)N3CCCC3)cc2)no1. The van der Waals surface area contributed by atoms with Crippen molar-refractivity contribution >= 4 is 5.91 Å². The smallest absolute Gasteiger partial charge is 0.260 e. The van der Waals surface area contributed by atoms with Crippen LogP contribution in [-0.4, -0.2) is 40.6 Å². The van der Waals surface area contributed by atoms with Crippen LogP contribution in [0.4, 0.5) is 0 Å². The van der Waals surface area contributed by atoms with E-state index in [0.29, 0.717) is 17.5 Å². The molecule has 6 heteroatoms. The van der Waals surface area contributed by atoms with Gasteiger partial charge in [-0.05, 0) is 37.1 Å². The van der Waals surface area contributed by atoms with Crippen LogP contribution in [0.2, 0.25) is 0 Å². The Balaban J connectivity index is 1.58. The summed E-state index contributed by atoms with van der Waals surface area (Å²) in [5.74, 6) is 1.78. The molecule has 0 radical (unpaired) electrons. The zero-order valence-corrected chi connectivity index (χ0v) is 11.9. The van der Waals surface area contributed by atoms with Crippen molar-refractivity contribution in [3.05, 3.63) is 30.2 Å². The number of amides is 1. The van der Waals surface area contributed by atoms with Crippen molar-refractivity contribution in [2.75, 3.05) is 19.7 Å². The van der Waals surface area contributed by atoms with Crippen LogP contribution in [0, 0.1) is 6.92 Å². The average Bonchev–Trinajstić information content (AvgIpc) is 3.17. The lowest BCUT2D eigenvalue weighted by Crippen LogP contribution is -2.32. The summed E-state index contributed by atoms with van der Waals surface area (Å²) in [6.07, 6.45) is 2.18. The molecule has 1 aliphatic rings. The number of likely N-dealkylation sites (tertiary alicyclic amines) is 1. The molecule has 2 aromatic rings. The van der Waals surface area contributed by atoms with E-state index in [2.05, 4.69) is 10.1 Å². The molecular formula is C15H17N3O3. The molecule has 2 heterocycles. The minimum Gasteiger partial charge on any atom is -0.484 e. The second kappa shape index (κ2) is 5.95. The molecule has 0 N–H and O–H groups in total. The Morgan fingerprint density at radius 3 is 2.62 bits per heavy atom. The highest BCUT2D eigenvalue weighted by Crippen LogP contribution is 2.20. The van der Waals surface area contributed by atoms with Crippen molar-refractivity contribution in [2.45, 2.75) is 19.8 Å². The van der Waals surface area contributed by atoms with Crippen LogP contribution >= 0.6 is 0 Å². The third-order valence-corrected chi connectivity index (χ3v) is 3.46. The number of hydrogen-bond donors (Lipinski definition) is 0. The highest BCUT2D eigenvalue weighted by molar-refractivity contribution is 5.78. The lowest BCUT2D eigenvalue weighted by molar-refractivity contribution is -0.132. The first-order valence-corrected chi connectivity index (χ1v) is 7.04. The third kappa shape index (κ3) is 3.21. The lowest BCUT2D eigenvalue weighted by Gasteiger charge is -2.15. The summed E-state index contributed by atoms with van der Waals surface area (Å²) >= 11 is 0. The van der Waals surface area contributed by atoms with Gasteiger partial charge in [-0.15, -0.1) is 0 Å². The minimum absolute atomic E-state index is 0.0466. The Morgan fingerprint density at radius 1 is 1.29 bits per heavy atom. The van der Waals surface area contributed by atoms with Crippen molar-refractivity contribution in [1.29, 1.82) is 0 Å². The van der Waals surface area contributed by atoms with Crippen molar-refractivity contribution in [1.82, 2.24) is 15.0 Å². The lowest BCUT2D eigenvalue weighted by atomic mass is 10.2. The predicted molar refractivity (Wildman–Crippen MR) is 75.8 cm³/mol. The van der Waals surface area contributed by atoms with Gasteiger partial charge in [-0.2, -0.15) is 4.98 Å². The van der Waals surface area contributed by atoms with Crippen molar-refractivity contribution in [3.63, 3.8) is 0 Å². The van der Waals surface area contributed by atoms with Gasteiger partial charge in [-0.1, -0.05) is 5.16 Å². The van der Waals surface area contributed by atoms with Gasteiger partial charge in [0.05, 0.1) is 0 Å². The van der Waals surface area contributed by atoms with E-state index in [1.165, 1.54) is 0 Å². The van der Waals surface area contributed by atoms with Gasteiger partial charge in [-0.3, -0.25) is 4.79 Å². The van der Waals surface area contributed by atoms with Gasteiger partial charge in [0.2, 0.25) is 11.7 Å². The van der Waals surface area contributed by atoms with E-state index >= 15 is 0 Å². The summed E-state index contributed by atoms with van der Waals surface area (Å²) in [5, 5.41) is 3.85. The molecule has 1 aromatic carbocycles. The number of aromatic nitrogens is 2. The predicted octanol–water partition coefficient (Wildman–Crippen LogP) is 2.05. The first-order chi connectivity index (χ1) is 10.2. The summed E-state index contributed by atoms with van der Waals surface area (Å²) in [7, 11) is 0. The number of hydrogen-bond acceptors (Lipinski definition) is 5. The Labute approximate surface area is 122 Å². The maximum Gasteiger partial charge on any atom is 0.260 e. The largest absolute Gasteiger partial charge is 0.484 e. The molecule has 1 aliphatic heterocycles. The maximum absolute atomic E-state index is 11.9. The summed E-state index contributed by atoms with van der Waals surface area (Å²) in [4.78, 5) is 17.9. The van der Waals surface area contributed by atoms with Crippen LogP contribution in [-0.2, 0) is 4.79 Å². The molecule has 0 spiro atoms. The number of nitrogens with zero attached hydrogens (tertiary/aromatic N) is 3. The number of ether oxygens (including phenoxy) is 1. The second-order valence-corrected chi connectivity index (χ2v) is 5.04. The van der Waals surface area contributed by atoms with Crippen LogP contribution in [0.3, 0.4) is 0 Å². The molecule has 3 rings (SSSR count). The number of carbonyl (C=O) groups is 1. The van der Waals surface area contributed by atoms with E-state index < -0.39 is 0 Å². The topological polar surface area (TPSA) is 68.5 Å². The van der Waals surface area contributed by atoms with Gasteiger partial charge in [0.15, 0.2) is 6.61 Å². The number of carbonyl (C=O) groups excluding carboxylic acids is 1. The number of aryl methyl sites for hydroxylation is 1. The fourth-order valence-corrected chi connectivity index (χ4v) is 2.32. The first kappa shape index (κ1) is 13.6. The van der Waals surface area contributed by atoms with Crippen molar-refractivity contribution in [2.24, 2.45) is 0 Å². The number of benzene rings is 1. The van der Waals surface area contributed by atoms with Crippen LogP contribution in [0.1, 0.15) is 18.7 Å². The van der Waals surface area contributed by atoms with Crippen LogP contribution in [0.5, 0.6) is 5.75 Å². The summed E-state index contributed by atoms with van der Waals surface area (Å²) < 4.78 is 10.5. The fourth-order valence-electron chi connectivity index (χ4n) is 2.32. The zero-order chi connectivity index (χ0) is 14.7. The number of rotatable bonds is 4. The van der Waals surface area contributed by atoms with Crippen LogP contribution < -0.4 is 4.74 Å². The minimum atomic E-state index is 0.0466. The highest BCUT2D eigenvalue weighted by atomic mass is 16.5. The molecule has 0 atom stereocenters. The van der Waals surface area contributed by atoms with E-state index in [-0.39, 0.29) is 12.5 Å². The van der Waals surface area contributed by atoms with Gasteiger partial charge in [0.25, 0.3) is 5.91 Å². The average molecular weight is 287 g/mol. The Hall–Kier alpha value is -2.37. The highest BCUT2D eigenvalue weighted by Gasteiger charge is 2.18. The van der Waals surface area contributed by atoms with Crippen molar-refractivity contribution in [3.8, 4) is 17.1 Å². The summed E-state index contributed by atoms with van der Waals surface area (Å²) in [5.41, 5.74) is 0.852. The van der Waals surface area contributed by atoms with Gasteiger partial charge >= 0.3 is 0 Å². The fraction of sp³-hybridized carbons (Fsp3) is 0.400. The van der Waals surface area contributed by atoms with Crippen LogP contribution in [0.15, 0.2) is 28.8 Å². The molecule has 0 unspecified atom stereocenters. The molecule has 0 saturated carbocycles. The molecule has 1 saturated heterocycles. The normalized spacial score (nSPS) is 14.4. The molecule has 1 fully saturated rings.